The molecule has 0 N–H and O–H groups in total. The van der Waals surface area contributed by atoms with Gasteiger partial charge in [-0.2, -0.15) is 8.78 Å². The van der Waals surface area contributed by atoms with Crippen LogP contribution in [0.2, 0.25) is 18.1 Å². The molecule has 2 aliphatic heterocycles. The lowest BCUT2D eigenvalue weighted by Gasteiger charge is -2.42. The fraction of sp³-hybridized carbons (Fsp3) is 0.455. The molecule has 2 aromatic carbocycles. The largest absolute Gasteiger partial charge is 0.434 e. The van der Waals surface area contributed by atoms with Crippen LogP contribution in [-0.4, -0.2) is 45.3 Å². The minimum Gasteiger partial charge on any atom is -0.434 e. The number of ether oxygens (including phenoxy) is 1. The highest BCUT2D eigenvalue weighted by molar-refractivity contribution is 6.74. The van der Waals surface area contributed by atoms with Gasteiger partial charge in [0.25, 0.3) is 0 Å². The highest BCUT2D eigenvalue weighted by atomic mass is 28.4. The number of halogens is 2. The zero-order valence-electron chi connectivity index (χ0n) is 26.5. The summed E-state index contributed by atoms with van der Waals surface area (Å²) in [6, 6.07) is 10.5. The van der Waals surface area contributed by atoms with Crippen LogP contribution < -0.4 is 4.74 Å². The lowest BCUT2D eigenvalue weighted by molar-refractivity contribution is -0.132. The van der Waals surface area contributed by atoms with E-state index in [0.29, 0.717) is 24.4 Å². The van der Waals surface area contributed by atoms with Crippen LogP contribution in [0.4, 0.5) is 8.78 Å². The molecule has 4 heterocycles. The fourth-order valence-corrected chi connectivity index (χ4v) is 8.02. The number of amides is 1. The van der Waals surface area contributed by atoms with Gasteiger partial charge in [-0.15, -0.1) is 0 Å². The summed E-state index contributed by atoms with van der Waals surface area (Å²) < 4.78 is 40.7. The predicted octanol–water partition coefficient (Wildman–Crippen LogP) is 7.75. The maximum atomic E-state index is 13.5. The van der Waals surface area contributed by atoms with E-state index in [-0.39, 0.29) is 28.8 Å². The van der Waals surface area contributed by atoms with Gasteiger partial charge in [-0.3, -0.25) is 4.79 Å². The average molecular weight is 620 g/mol. The van der Waals surface area contributed by atoms with E-state index in [1.165, 1.54) is 6.92 Å². The Kier molecular flexibility index (Phi) is 7.20. The first-order chi connectivity index (χ1) is 20.6. The van der Waals surface area contributed by atoms with E-state index >= 15 is 0 Å². The number of rotatable bonds is 6. The maximum Gasteiger partial charge on any atom is 0.387 e. The van der Waals surface area contributed by atoms with E-state index in [2.05, 4.69) is 38.4 Å². The third-order valence-corrected chi connectivity index (χ3v) is 14.1. The lowest BCUT2D eigenvalue weighted by Crippen LogP contribution is -2.46. The summed E-state index contributed by atoms with van der Waals surface area (Å²) >= 11 is 0. The molecule has 0 fully saturated rings. The summed E-state index contributed by atoms with van der Waals surface area (Å²) in [4.78, 5) is 29.0. The molecule has 44 heavy (non-hydrogen) atoms. The van der Waals surface area contributed by atoms with Crippen molar-refractivity contribution in [3.63, 3.8) is 0 Å². The van der Waals surface area contributed by atoms with Crippen LogP contribution >= 0.6 is 0 Å². The Labute approximate surface area is 257 Å². The number of benzene rings is 2. The quantitative estimate of drug-likeness (QED) is 0.205. The third kappa shape index (κ3) is 5.09. The lowest BCUT2D eigenvalue weighted by atomic mass is 9.98. The third-order valence-electron chi connectivity index (χ3n) is 9.44. The Morgan fingerprint density at radius 3 is 2.36 bits per heavy atom. The van der Waals surface area contributed by atoms with Gasteiger partial charge in [-0.1, -0.05) is 39.0 Å². The highest BCUT2D eigenvalue weighted by Crippen LogP contribution is 2.51. The van der Waals surface area contributed by atoms with Gasteiger partial charge in [0.1, 0.15) is 17.2 Å². The summed E-state index contributed by atoms with van der Waals surface area (Å²) in [6.45, 7) is 14.0. The van der Waals surface area contributed by atoms with Crippen LogP contribution in [0.25, 0.3) is 22.2 Å². The van der Waals surface area contributed by atoms with E-state index in [0.717, 1.165) is 33.5 Å². The monoisotopic (exact) mass is 619 g/mol. The summed E-state index contributed by atoms with van der Waals surface area (Å²) in [5.41, 5.74) is 4.15. The van der Waals surface area contributed by atoms with Crippen molar-refractivity contribution in [1.82, 2.24) is 24.4 Å². The van der Waals surface area contributed by atoms with Crippen LogP contribution in [0, 0.1) is 0 Å². The molecule has 2 aromatic heterocycles. The van der Waals surface area contributed by atoms with Gasteiger partial charge in [-0.05, 0) is 61.3 Å². The van der Waals surface area contributed by atoms with Crippen LogP contribution in [0.5, 0.6) is 5.75 Å². The molecule has 2 atom stereocenters. The Hall–Kier alpha value is -3.70. The topological polar surface area (TPSA) is 82.4 Å². The molecule has 4 aromatic rings. The molecule has 0 radical (unpaired) electrons. The number of carbonyl (C=O) groups excluding carboxylic acids is 1. The molecule has 0 unspecified atom stereocenters. The molecule has 2 aliphatic rings. The van der Waals surface area contributed by atoms with Gasteiger partial charge in [0.2, 0.25) is 5.91 Å². The number of imidazole rings is 1. The van der Waals surface area contributed by atoms with E-state index < -0.39 is 20.5 Å². The molecular formula is C33H39F2N5O3Si. The smallest absolute Gasteiger partial charge is 0.387 e. The first-order valence-corrected chi connectivity index (χ1v) is 17.9. The Morgan fingerprint density at radius 1 is 1.02 bits per heavy atom. The minimum atomic E-state index is -2.96. The van der Waals surface area contributed by atoms with Crippen molar-refractivity contribution in [1.29, 1.82) is 0 Å². The second-order valence-corrected chi connectivity index (χ2v) is 18.6. The van der Waals surface area contributed by atoms with Crippen molar-refractivity contribution < 1.29 is 22.7 Å². The van der Waals surface area contributed by atoms with Crippen molar-refractivity contribution in [2.75, 3.05) is 0 Å². The molecule has 232 valence electrons. The zero-order chi connectivity index (χ0) is 31.8. The number of nitrogens with zero attached hydrogens (tertiary/aromatic N) is 5. The first kappa shape index (κ1) is 30.3. The molecule has 6 rings (SSSR count). The SMILES string of the molecule is CC(=O)N1Cc2cccc(OC(F)F)c2[C@H]2C[C@@H]1c1nc3ccc(-c4cnc(C(C)(C)O[Si](C)(C)C(C)(C)C)nc4)cc3n12. The maximum absolute atomic E-state index is 13.5. The van der Waals surface area contributed by atoms with Crippen molar-refractivity contribution in [2.24, 2.45) is 0 Å². The van der Waals surface area contributed by atoms with Crippen LogP contribution in [-0.2, 0) is 21.4 Å². The number of alkyl halides is 2. The van der Waals surface area contributed by atoms with Crippen LogP contribution in [0.3, 0.4) is 0 Å². The Bertz CT molecular complexity index is 1750. The van der Waals surface area contributed by atoms with Crippen LogP contribution in [0.1, 0.15) is 82.8 Å². The molecule has 2 bridgehead atoms. The molecule has 8 nitrogen and oxygen atoms in total. The van der Waals surface area contributed by atoms with Crippen LogP contribution in [0.15, 0.2) is 48.8 Å². The zero-order valence-corrected chi connectivity index (χ0v) is 27.5. The number of hydrogen-bond donors (Lipinski definition) is 0. The number of fused-ring (bicyclic) bond motifs is 9. The summed E-state index contributed by atoms with van der Waals surface area (Å²) in [6.07, 6.45) is 4.15. The molecule has 0 aliphatic carbocycles. The number of hydrogen-bond acceptors (Lipinski definition) is 6. The number of carbonyl (C=O) groups is 1. The average Bonchev–Trinajstić information content (AvgIpc) is 3.41. The van der Waals surface area contributed by atoms with Gasteiger partial charge in [0.15, 0.2) is 14.1 Å². The fourth-order valence-electron chi connectivity index (χ4n) is 6.34. The summed E-state index contributed by atoms with van der Waals surface area (Å²) in [5, 5.41) is 0.0524. The first-order valence-electron chi connectivity index (χ1n) is 15.0. The van der Waals surface area contributed by atoms with E-state index in [1.807, 2.05) is 50.5 Å². The van der Waals surface area contributed by atoms with Gasteiger partial charge in [0.05, 0.1) is 23.1 Å². The second-order valence-electron chi connectivity index (χ2n) is 13.8. The minimum absolute atomic E-state index is 0.0524. The molecule has 1 amide bonds. The van der Waals surface area contributed by atoms with Crippen molar-refractivity contribution in [2.45, 2.75) is 96.9 Å². The molecule has 0 saturated heterocycles. The molecular weight excluding hydrogens is 580 g/mol. The Balaban J connectivity index is 1.41. The van der Waals surface area contributed by atoms with E-state index in [9.17, 15) is 13.6 Å². The van der Waals surface area contributed by atoms with Crippen molar-refractivity contribution in [3.05, 3.63) is 71.6 Å². The van der Waals surface area contributed by atoms with Crippen molar-refractivity contribution in [3.8, 4) is 16.9 Å². The molecule has 0 spiro atoms. The Morgan fingerprint density at radius 2 is 1.73 bits per heavy atom. The molecule has 11 heteroatoms. The van der Waals surface area contributed by atoms with Gasteiger partial charge in [-0.25, -0.2) is 15.0 Å². The standard InChI is InChI=1S/C33H39F2N5O3Si/c1-19(41)39-18-21-10-9-11-27(42-31(34)35)28(21)25-15-26(39)29-38-23-13-12-20(14-24(23)40(25)29)22-16-36-30(37-17-22)33(5,6)43-44(7,8)32(2,3)4/h9-14,16-17,25-26,31H,15,18H2,1-8H3/t25-,26-/m1/s1. The summed E-state index contributed by atoms with van der Waals surface area (Å²) in [5.74, 6) is 1.39. The van der Waals surface area contributed by atoms with Crippen molar-refractivity contribution >= 4 is 25.3 Å². The summed E-state index contributed by atoms with van der Waals surface area (Å²) in [7, 11) is -2.06. The molecule has 0 saturated carbocycles. The van der Waals surface area contributed by atoms with E-state index in [1.54, 1.807) is 17.0 Å². The highest BCUT2D eigenvalue weighted by Gasteiger charge is 2.45. The van der Waals surface area contributed by atoms with Gasteiger partial charge in [0, 0.05) is 43.4 Å². The normalized spacial score (nSPS) is 18.4. The second kappa shape index (κ2) is 10.4. The van der Waals surface area contributed by atoms with Gasteiger partial charge >= 0.3 is 6.61 Å². The number of aromatic nitrogens is 4. The van der Waals surface area contributed by atoms with Gasteiger partial charge < -0.3 is 18.6 Å². The predicted molar refractivity (Wildman–Crippen MR) is 167 cm³/mol. The van der Waals surface area contributed by atoms with E-state index in [4.69, 9.17) is 24.1 Å².